The number of rotatable bonds is 5. The van der Waals surface area contributed by atoms with Crippen molar-refractivity contribution in [1.29, 1.82) is 0 Å². The number of nitrogens with two attached hydrogens (primary N) is 1. The van der Waals surface area contributed by atoms with Crippen molar-refractivity contribution >= 4 is 17.0 Å². The molecule has 2 nitrogen and oxygen atoms in total. The van der Waals surface area contributed by atoms with E-state index in [1.807, 2.05) is 13.0 Å². The van der Waals surface area contributed by atoms with Crippen LogP contribution in [0.1, 0.15) is 36.2 Å². The fourth-order valence-electron chi connectivity index (χ4n) is 2.52. The van der Waals surface area contributed by atoms with Gasteiger partial charge in [-0.05, 0) is 55.0 Å². The fraction of sp³-hybridized carbons (Fsp3) is 0.375. The molecule has 3 rings (SSSR count). The van der Waals surface area contributed by atoms with E-state index < -0.39 is 0 Å². The van der Waals surface area contributed by atoms with E-state index in [4.69, 9.17) is 5.73 Å². The van der Waals surface area contributed by atoms with Gasteiger partial charge in [-0.1, -0.05) is 6.07 Å². The van der Waals surface area contributed by atoms with E-state index >= 15 is 0 Å². The van der Waals surface area contributed by atoms with E-state index in [-0.39, 0.29) is 11.9 Å². The maximum atomic E-state index is 13.5. The minimum atomic E-state index is -0.215. The smallest absolute Gasteiger partial charge is 0.123 e. The summed E-state index contributed by atoms with van der Waals surface area (Å²) in [5.74, 6) is -0.215. The molecule has 0 bridgehead atoms. The molecule has 0 radical (unpaired) electrons. The highest BCUT2D eigenvalue weighted by atomic mass is 32.1. The topological polar surface area (TPSA) is 29.3 Å². The van der Waals surface area contributed by atoms with Gasteiger partial charge in [-0.25, -0.2) is 4.39 Å². The van der Waals surface area contributed by atoms with Gasteiger partial charge in [0.1, 0.15) is 5.82 Å². The van der Waals surface area contributed by atoms with Crippen LogP contribution in [0, 0.1) is 5.82 Å². The third-order valence-electron chi connectivity index (χ3n) is 3.68. The number of anilines is 1. The molecule has 2 N–H and O–H groups in total. The number of thiophene rings is 1. The molecule has 0 saturated heterocycles. The van der Waals surface area contributed by atoms with Crippen molar-refractivity contribution < 1.29 is 4.39 Å². The lowest BCUT2D eigenvalue weighted by Crippen LogP contribution is -2.27. The van der Waals surface area contributed by atoms with Gasteiger partial charge in [0.15, 0.2) is 0 Å². The lowest BCUT2D eigenvalue weighted by molar-refractivity contribution is 0.621. The molecule has 4 heteroatoms. The number of benzene rings is 1. The van der Waals surface area contributed by atoms with Crippen LogP contribution in [0.4, 0.5) is 10.1 Å². The van der Waals surface area contributed by atoms with Gasteiger partial charge >= 0.3 is 0 Å². The molecule has 0 aliphatic heterocycles. The first-order valence-corrected chi connectivity index (χ1v) is 7.87. The first-order valence-electron chi connectivity index (χ1n) is 6.99. The number of hydrogen-bond acceptors (Lipinski definition) is 3. The molecule has 1 atom stereocenters. The van der Waals surface area contributed by atoms with E-state index in [1.165, 1.54) is 23.8 Å². The Bertz CT molecular complexity index is 576. The highest BCUT2D eigenvalue weighted by Crippen LogP contribution is 2.37. The normalized spacial score (nSPS) is 16.1. The van der Waals surface area contributed by atoms with Crippen LogP contribution in [-0.4, -0.2) is 6.04 Å². The van der Waals surface area contributed by atoms with Gasteiger partial charge in [0.25, 0.3) is 0 Å². The molecule has 0 spiro atoms. The van der Waals surface area contributed by atoms with Crippen LogP contribution >= 0.6 is 11.3 Å². The Morgan fingerprint density at radius 2 is 2.20 bits per heavy atom. The molecule has 1 aromatic carbocycles. The van der Waals surface area contributed by atoms with E-state index in [9.17, 15) is 4.39 Å². The first kappa shape index (κ1) is 13.6. The van der Waals surface area contributed by atoms with E-state index in [2.05, 4.69) is 22.4 Å². The second-order valence-electron chi connectivity index (χ2n) is 5.43. The second kappa shape index (κ2) is 5.54. The molecular formula is C16H19FN2S. The van der Waals surface area contributed by atoms with Crippen molar-refractivity contribution in [2.75, 3.05) is 4.90 Å². The molecule has 1 aliphatic carbocycles. The minimum absolute atomic E-state index is 0.162. The molecule has 20 heavy (non-hydrogen) atoms. The van der Waals surface area contributed by atoms with Crippen LogP contribution in [0.5, 0.6) is 0 Å². The Morgan fingerprint density at radius 1 is 1.40 bits per heavy atom. The highest BCUT2D eigenvalue weighted by Gasteiger charge is 2.31. The molecule has 1 unspecified atom stereocenters. The van der Waals surface area contributed by atoms with Crippen LogP contribution in [0.15, 0.2) is 35.7 Å². The molecule has 1 heterocycles. The SMILES string of the molecule is CC(N)c1cc(F)ccc1N(Cc1cccs1)C1CC1. The summed E-state index contributed by atoms with van der Waals surface area (Å²) in [7, 11) is 0. The van der Waals surface area contributed by atoms with Gasteiger partial charge in [0, 0.05) is 22.6 Å². The minimum Gasteiger partial charge on any atom is -0.363 e. The molecule has 1 saturated carbocycles. The summed E-state index contributed by atoms with van der Waals surface area (Å²) >= 11 is 1.76. The van der Waals surface area contributed by atoms with Gasteiger partial charge < -0.3 is 10.6 Å². The second-order valence-corrected chi connectivity index (χ2v) is 6.46. The third-order valence-corrected chi connectivity index (χ3v) is 4.54. The summed E-state index contributed by atoms with van der Waals surface area (Å²) < 4.78 is 13.5. The first-order chi connectivity index (χ1) is 9.65. The number of hydrogen-bond donors (Lipinski definition) is 1. The van der Waals surface area contributed by atoms with Crippen molar-refractivity contribution in [2.45, 2.75) is 38.4 Å². The summed E-state index contributed by atoms with van der Waals surface area (Å²) in [5, 5.41) is 2.09. The summed E-state index contributed by atoms with van der Waals surface area (Å²) in [4.78, 5) is 3.71. The zero-order valence-electron chi connectivity index (χ0n) is 11.6. The molecule has 2 aromatic rings. The lowest BCUT2D eigenvalue weighted by atomic mass is 10.1. The maximum absolute atomic E-state index is 13.5. The Balaban J connectivity index is 1.95. The van der Waals surface area contributed by atoms with Crippen LogP contribution in [-0.2, 0) is 6.54 Å². The van der Waals surface area contributed by atoms with Crippen LogP contribution in [0.3, 0.4) is 0 Å². The average Bonchev–Trinajstić information content (AvgIpc) is 3.13. The van der Waals surface area contributed by atoms with Crippen molar-refractivity contribution in [2.24, 2.45) is 5.73 Å². The zero-order chi connectivity index (χ0) is 14.1. The largest absolute Gasteiger partial charge is 0.363 e. The molecular weight excluding hydrogens is 271 g/mol. The van der Waals surface area contributed by atoms with Crippen molar-refractivity contribution in [3.8, 4) is 0 Å². The van der Waals surface area contributed by atoms with Crippen LogP contribution in [0.2, 0.25) is 0 Å². The lowest BCUT2D eigenvalue weighted by Gasteiger charge is -2.28. The standard InChI is InChI=1S/C16H19FN2S/c1-11(18)15-9-12(17)4-7-16(15)19(13-5-6-13)10-14-3-2-8-20-14/h2-4,7-9,11,13H,5-6,10,18H2,1H3. The van der Waals surface area contributed by atoms with E-state index in [0.717, 1.165) is 17.8 Å². The quantitative estimate of drug-likeness (QED) is 0.899. The summed E-state index contributed by atoms with van der Waals surface area (Å²) in [5.41, 5.74) is 8.00. The van der Waals surface area contributed by atoms with Crippen molar-refractivity contribution in [3.05, 3.63) is 52.0 Å². The monoisotopic (exact) mass is 290 g/mol. The summed E-state index contributed by atoms with van der Waals surface area (Å²) in [6.07, 6.45) is 2.42. The van der Waals surface area contributed by atoms with Crippen molar-refractivity contribution in [3.63, 3.8) is 0 Å². The van der Waals surface area contributed by atoms with E-state index in [0.29, 0.717) is 6.04 Å². The highest BCUT2D eigenvalue weighted by molar-refractivity contribution is 7.09. The van der Waals surface area contributed by atoms with Gasteiger partial charge in [0.2, 0.25) is 0 Å². The Kier molecular flexibility index (Phi) is 3.76. The summed E-state index contributed by atoms with van der Waals surface area (Å²) in [6.45, 7) is 2.79. The predicted molar refractivity (Wildman–Crippen MR) is 82.5 cm³/mol. The molecule has 1 aliphatic rings. The van der Waals surface area contributed by atoms with Gasteiger partial charge in [-0.2, -0.15) is 0 Å². The number of nitrogens with zero attached hydrogens (tertiary/aromatic N) is 1. The van der Waals surface area contributed by atoms with Gasteiger partial charge in [-0.15, -0.1) is 11.3 Å². The van der Waals surface area contributed by atoms with E-state index in [1.54, 1.807) is 17.4 Å². The third kappa shape index (κ3) is 2.86. The van der Waals surface area contributed by atoms with Gasteiger partial charge in [-0.3, -0.25) is 0 Å². The van der Waals surface area contributed by atoms with Crippen LogP contribution in [0.25, 0.3) is 0 Å². The Labute approximate surface area is 123 Å². The average molecular weight is 290 g/mol. The molecule has 1 fully saturated rings. The van der Waals surface area contributed by atoms with Gasteiger partial charge in [0.05, 0.1) is 6.54 Å². The zero-order valence-corrected chi connectivity index (χ0v) is 12.4. The number of halogens is 1. The summed E-state index contributed by atoms with van der Waals surface area (Å²) in [6, 6.07) is 9.61. The Morgan fingerprint density at radius 3 is 2.80 bits per heavy atom. The molecule has 106 valence electrons. The predicted octanol–water partition coefficient (Wildman–Crippen LogP) is 4.08. The molecule has 0 amide bonds. The Hall–Kier alpha value is -1.39. The maximum Gasteiger partial charge on any atom is 0.123 e. The van der Waals surface area contributed by atoms with Crippen molar-refractivity contribution in [1.82, 2.24) is 0 Å². The molecule has 1 aromatic heterocycles. The van der Waals surface area contributed by atoms with Crippen LogP contribution < -0.4 is 10.6 Å². The fourth-order valence-corrected chi connectivity index (χ4v) is 3.22.